The maximum absolute atomic E-state index is 12.3. The molecular formula is C20H20N2O4. The molecule has 26 heavy (non-hydrogen) atoms. The van der Waals surface area contributed by atoms with Crippen LogP contribution >= 0.6 is 0 Å². The van der Waals surface area contributed by atoms with Crippen LogP contribution < -0.4 is 19.5 Å². The summed E-state index contributed by atoms with van der Waals surface area (Å²) in [5, 5.41) is 2.79. The Balaban J connectivity index is 2.02. The lowest BCUT2D eigenvalue weighted by molar-refractivity contribution is -0.115. The fraction of sp³-hybridized carbons (Fsp3) is 0.200. The highest BCUT2D eigenvalue weighted by atomic mass is 16.5. The molecule has 6 nitrogen and oxygen atoms in total. The molecule has 1 aliphatic rings. The van der Waals surface area contributed by atoms with Crippen LogP contribution in [0.3, 0.4) is 0 Å². The van der Waals surface area contributed by atoms with E-state index in [0.717, 1.165) is 11.1 Å². The van der Waals surface area contributed by atoms with E-state index in [0.29, 0.717) is 34.3 Å². The zero-order valence-electron chi connectivity index (χ0n) is 15.1. The molecule has 134 valence electrons. The number of methoxy groups -OCH3 is 3. The molecule has 0 unspecified atom stereocenters. The van der Waals surface area contributed by atoms with E-state index in [2.05, 4.69) is 10.3 Å². The van der Waals surface area contributed by atoms with Crippen molar-refractivity contribution in [3.05, 3.63) is 58.8 Å². The molecule has 1 N–H and O–H groups in total. The van der Waals surface area contributed by atoms with Gasteiger partial charge in [-0.1, -0.05) is 29.8 Å². The van der Waals surface area contributed by atoms with Gasteiger partial charge < -0.3 is 19.5 Å². The lowest BCUT2D eigenvalue weighted by Crippen LogP contribution is -2.24. The van der Waals surface area contributed by atoms with E-state index < -0.39 is 0 Å². The number of hydrogen-bond donors (Lipinski definition) is 1. The van der Waals surface area contributed by atoms with Crippen molar-refractivity contribution in [3.63, 3.8) is 0 Å². The van der Waals surface area contributed by atoms with E-state index in [4.69, 9.17) is 14.2 Å². The van der Waals surface area contributed by atoms with Gasteiger partial charge in [0.25, 0.3) is 5.91 Å². The summed E-state index contributed by atoms with van der Waals surface area (Å²) in [5.74, 6) is 1.75. The summed E-state index contributed by atoms with van der Waals surface area (Å²) in [7, 11) is 4.63. The molecule has 0 atom stereocenters. The normalized spacial score (nSPS) is 14.8. The Morgan fingerprint density at radius 2 is 1.62 bits per heavy atom. The monoisotopic (exact) mass is 352 g/mol. The van der Waals surface area contributed by atoms with Crippen molar-refractivity contribution < 1.29 is 19.0 Å². The van der Waals surface area contributed by atoms with Crippen molar-refractivity contribution in [2.45, 2.75) is 6.92 Å². The minimum Gasteiger partial charge on any atom is -0.493 e. The first-order valence-corrected chi connectivity index (χ1v) is 8.05. The van der Waals surface area contributed by atoms with Crippen molar-refractivity contribution in [1.29, 1.82) is 0 Å². The Morgan fingerprint density at radius 1 is 0.923 bits per heavy atom. The molecule has 1 amide bonds. The minimum atomic E-state index is -0.266. The average molecular weight is 352 g/mol. The third-order valence-electron chi connectivity index (χ3n) is 4.05. The number of aryl methyl sites for hydroxylation is 1. The van der Waals surface area contributed by atoms with Crippen LogP contribution in [0.5, 0.6) is 17.2 Å². The van der Waals surface area contributed by atoms with Gasteiger partial charge in [-0.25, -0.2) is 4.99 Å². The molecule has 0 saturated carbocycles. The minimum absolute atomic E-state index is 0.266. The molecule has 0 spiro atoms. The predicted octanol–water partition coefficient (Wildman–Crippen LogP) is 2.94. The molecule has 2 aromatic carbocycles. The molecule has 0 saturated heterocycles. The van der Waals surface area contributed by atoms with Crippen molar-refractivity contribution in [1.82, 2.24) is 5.32 Å². The van der Waals surface area contributed by atoms with Gasteiger partial charge in [-0.3, -0.25) is 4.79 Å². The summed E-state index contributed by atoms with van der Waals surface area (Å²) in [6.07, 6.45) is 1.66. The molecule has 1 aliphatic heterocycles. The van der Waals surface area contributed by atoms with E-state index in [-0.39, 0.29) is 5.91 Å². The number of benzene rings is 2. The number of carbonyl (C=O) groups excluding carboxylic acids is 1. The van der Waals surface area contributed by atoms with Gasteiger partial charge in [-0.15, -0.1) is 0 Å². The van der Waals surface area contributed by atoms with Gasteiger partial charge >= 0.3 is 0 Å². The second-order valence-electron chi connectivity index (χ2n) is 5.73. The Morgan fingerprint density at radius 3 is 2.23 bits per heavy atom. The first kappa shape index (κ1) is 17.5. The molecule has 0 aliphatic carbocycles. The molecule has 1 heterocycles. The van der Waals surface area contributed by atoms with Gasteiger partial charge in [-0.2, -0.15) is 0 Å². The summed E-state index contributed by atoms with van der Waals surface area (Å²) in [6.45, 7) is 2.01. The molecule has 3 rings (SSSR count). The van der Waals surface area contributed by atoms with Crippen LogP contribution in [0.4, 0.5) is 0 Å². The van der Waals surface area contributed by atoms with E-state index >= 15 is 0 Å². The summed E-state index contributed by atoms with van der Waals surface area (Å²) in [4.78, 5) is 16.7. The summed E-state index contributed by atoms with van der Waals surface area (Å²) < 4.78 is 16.1. The number of ether oxygens (including phenoxy) is 3. The molecule has 2 aromatic rings. The van der Waals surface area contributed by atoms with E-state index in [1.165, 1.54) is 14.2 Å². The zero-order chi connectivity index (χ0) is 18.7. The third kappa shape index (κ3) is 3.26. The highest BCUT2D eigenvalue weighted by Crippen LogP contribution is 2.40. The van der Waals surface area contributed by atoms with Crippen LogP contribution in [0.25, 0.3) is 6.08 Å². The number of nitrogens with one attached hydrogen (secondary N) is 1. The number of rotatable bonds is 5. The zero-order valence-corrected chi connectivity index (χ0v) is 15.1. The molecule has 0 radical (unpaired) electrons. The van der Waals surface area contributed by atoms with Crippen LogP contribution in [-0.2, 0) is 4.79 Å². The van der Waals surface area contributed by atoms with Crippen LogP contribution in [-0.4, -0.2) is 33.1 Å². The number of carbonyl (C=O) groups is 1. The van der Waals surface area contributed by atoms with Gasteiger partial charge in [-0.05, 0) is 25.1 Å². The fourth-order valence-corrected chi connectivity index (χ4v) is 2.70. The van der Waals surface area contributed by atoms with Gasteiger partial charge in [0.2, 0.25) is 5.75 Å². The number of aliphatic imine (C=N–C) groups is 1. The summed E-state index contributed by atoms with van der Waals surface area (Å²) in [6, 6.07) is 11.3. The van der Waals surface area contributed by atoms with Crippen molar-refractivity contribution in [2.75, 3.05) is 21.3 Å². The first-order chi connectivity index (χ1) is 12.6. The molecule has 0 bridgehead atoms. The number of hydrogen-bond acceptors (Lipinski definition) is 5. The fourth-order valence-electron chi connectivity index (χ4n) is 2.70. The van der Waals surface area contributed by atoms with Gasteiger partial charge in [0, 0.05) is 11.1 Å². The Kier molecular flexibility index (Phi) is 4.93. The van der Waals surface area contributed by atoms with Gasteiger partial charge in [0.1, 0.15) is 11.5 Å². The van der Waals surface area contributed by atoms with Crippen molar-refractivity contribution >= 4 is 17.8 Å². The number of amidine groups is 1. The highest BCUT2D eigenvalue weighted by molar-refractivity contribution is 6.19. The largest absolute Gasteiger partial charge is 0.493 e. The van der Waals surface area contributed by atoms with Crippen molar-refractivity contribution in [2.24, 2.45) is 4.99 Å². The summed E-state index contributed by atoms with van der Waals surface area (Å²) in [5.41, 5.74) is 2.96. The average Bonchev–Trinajstić information content (AvgIpc) is 3.02. The van der Waals surface area contributed by atoms with E-state index in [9.17, 15) is 4.79 Å². The van der Waals surface area contributed by atoms with Crippen LogP contribution in [0.15, 0.2) is 47.1 Å². The van der Waals surface area contributed by atoms with Crippen molar-refractivity contribution in [3.8, 4) is 17.2 Å². The molecular weight excluding hydrogens is 332 g/mol. The predicted molar refractivity (Wildman–Crippen MR) is 99.9 cm³/mol. The Bertz CT molecular complexity index is 899. The maximum Gasteiger partial charge on any atom is 0.275 e. The van der Waals surface area contributed by atoms with Crippen LogP contribution in [0, 0.1) is 6.92 Å². The number of amides is 1. The smallest absolute Gasteiger partial charge is 0.275 e. The first-order valence-electron chi connectivity index (χ1n) is 8.05. The number of nitrogens with zero attached hydrogens (tertiary/aromatic N) is 1. The second kappa shape index (κ2) is 7.31. The molecule has 6 heteroatoms. The lowest BCUT2D eigenvalue weighted by atomic mass is 10.1. The molecule has 0 fully saturated rings. The van der Waals surface area contributed by atoms with Gasteiger partial charge in [0.05, 0.1) is 21.3 Å². The Labute approximate surface area is 152 Å². The third-order valence-corrected chi connectivity index (χ3v) is 4.05. The topological polar surface area (TPSA) is 69.2 Å². The summed E-state index contributed by atoms with van der Waals surface area (Å²) >= 11 is 0. The van der Waals surface area contributed by atoms with Crippen LogP contribution in [0.1, 0.15) is 16.7 Å². The maximum atomic E-state index is 12.3. The molecule has 0 aromatic heterocycles. The van der Waals surface area contributed by atoms with Gasteiger partial charge in [0.15, 0.2) is 11.5 Å². The van der Waals surface area contributed by atoms with E-state index in [1.807, 2.05) is 31.2 Å². The quantitative estimate of drug-likeness (QED) is 0.840. The van der Waals surface area contributed by atoms with E-state index in [1.54, 1.807) is 25.3 Å². The Hall–Kier alpha value is -3.28. The standard InChI is InChI=1S/C20H20N2O4/c1-12-5-7-13(8-6-12)19-21-15(20(23)22-19)11-14-9-10-16(24-2)18(26-4)17(14)25-3/h5-11H,1-4H3,(H,21,22,23). The lowest BCUT2D eigenvalue weighted by Gasteiger charge is -2.14. The van der Waals surface area contributed by atoms with Crippen LogP contribution in [0.2, 0.25) is 0 Å². The SMILES string of the molecule is COc1ccc(C=C2N=C(c3ccc(C)cc3)NC2=O)c(OC)c1OC. The highest BCUT2D eigenvalue weighted by Gasteiger charge is 2.23. The second-order valence-corrected chi connectivity index (χ2v) is 5.73.